The van der Waals surface area contributed by atoms with Crippen molar-refractivity contribution in [1.82, 2.24) is 4.90 Å². The fraction of sp³-hybridized carbons (Fsp3) is 0.385. The molecule has 1 atom stereocenters. The summed E-state index contributed by atoms with van der Waals surface area (Å²) >= 11 is 0. The van der Waals surface area contributed by atoms with Crippen LogP contribution in [0.2, 0.25) is 0 Å². The van der Waals surface area contributed by atoms with Gasteiger partial charge in [0.15, 0.2) is 0 Å². The van der Waals surface area contributed by atoms with E-state index in [0.29, 0.717) is 18.8 Å². The minimum atomic E-state index is -0.500. The highest BCUT2D eigenvalue weighted by molar-refractivity contribution is 5.97. The van der Waals surface area contributed by atoms with Gasteiger partial charge in [0.2, 0.25) is 11.8 Å². The van der Waals surface area contributed by atoms with E-state index in [1.165, 1.54) is 24.3 Å². The molecule has 1 aliphatic rings. The molecule has 0 spiro atoms. The molecule has 0 aromatic heterocycles. The lowest BCUT2D eigenvalue weighted by Gasteiger charge is -2.13. The number of anilines is 1. The molecule has 1 saturated heterocycles. The molecule has 1 aliphatic heterocycles. The van der Waals surface area contributed by atoms with Gasteiger partial charge in [0.05, 0.1) is 10.8 Å². The normalized spacial score (nSPS) is 18.1. The molecule has 1 aromatic rings. The van der Waals surface area contributed by atoms with Crippen LogP contribution in [0.25, 0.3) is 0 Å². The van der Waals surface area contributed by atoms with Gasteiger partial charge in [-0.15, -0.1) is 0 Å². The van der Waals surface area contributed by atoms with Gasteiger partial charge in [-0.25, -0.2) is 0 Å². The molecule has 2 rings (SSSR count). The van der Waals surface area contributed by atoms with Crippen molar-refractivity contribution in [2.24, 2.45) is 5.92 Å². The number of nitrogens with one attached hydrogen (secondary N) is 1. The van der Waals surface area contributed by atoms with Crippen LogP contribution in [-0.4, -0.2) is 34.7 Å². The van der Waals surface area contributed by atoms with Gasteiger partial charge in [-0.05, 0) is 19.1 Å². The summed E-state index contributed by atoms with van der Waals surface area (Å²) in [5, 5.41) is 13.2. The van der Waals surface area contributed by atoms with Crippen molar-refractivity contribution in [3.8, 4) is 0 Å². The monoisotopic (exact) mass is 277 g/mol. The second-order valence-corrected chi connectivity index (χ2v) is 4.63. The third-order valence-corrected chi connectivity index (χ3v) is 3.31. The minimum absolute atomic E-state index is 0.0173. The highest BCUT2D eigenvalue weighted by Gasteiger charge is 2.33. The van der Waals surface area contributed by atoms with Crippen molar-refractivity contribution < 1.29 is 14.5 Å². The highest BCUT2D eigenvalue weighted by Crippen LogP contribution is 2.21. The first-order valence-electron chi connectivity index (χ1n) is 6.34. The molecule has 20 heavy (non-hydrogen) atoms. The van der Waals surface area contributed by atoms with Gasteiger partial charge in [-0.3, -0.25) is 19.7 Å². The van der Waals surface area contributed by atoms with Crippen molar-refractivity contribution in [2.75, 3.05) is 18.4 Å². The molecular weight excluding hydrogens is 262 g/mol. The first-order chi connectivity index (χ1) is 9.51. The number of nitro benzene ring substituents is 1. The van der Waals surface area contributed by atoms with Crippen LogP contribution in [0.4, 0.5) is 11.4 Å². The van der Waals surface area contributed by atoms with E-state index in [-0.39, 0.29) is 29.8 Å². The van der Waals surface area contributed by atoms with E-state index in [0.717, 1.165) is 0 Å². The van der Waals surface area contributed by atoms with Gasteiger partial charge in [-0.2, -0.15) is 0 Å². The Morgan fingerprint density at radius 3 is 2.60 bits per heavy atom. The maximum Gasteiger partial charge on any atom is 0.269 e. The molecule has 1 aromatic carbocycles. The molecule has 0 aliphatic carbocycles. The lowest BCUT2D eigenvalue weighted by molar-refractivity contribution is -0.384. The number of hydrogen-bond donors (Lipinski definition) is 1. The Morgan fingerprint density at radius 1 is 1.45 bits per heavy atom. The zero-order valence-corrected chi connectivity index (χ0v) is 11.0. The second-order valence-electron chi connectivity index (χ2n) is 4.63. The van der Waals surface area contributed by atoms with E-state index >= 15 is 0 Å². The molecule has 0 radical (unpaired) electrons. The Morgan fingerprint density at radius 2 is 2.10 bits per heavy atom. The van der Waals surface area contributed by atoms with Crippen LogP contribution in [0, 0.1) is 16.0 Å². The SMILES string of the molecule is CCN1CC(C(=O)Nc2ccc([N+](=O)[O-])cc2)CC1=O. The molecule has 7 heteroatoms. The van der Waals surface area contributed by atoms with Crippen molar-refractivity contribution >= 4 is 23.2 Å². The lowest BCUT2D eigenvalue weighted by Crippen LogP contribution is -2.28. The van der Waals surface area contributed by atoms with E-state index in [1.54, 1.807) is 4.90 Å². The van der Waals surface area contributed by atoms with Crippen LogP contribution in [0.1, 0.15) is 13.3 Å². The predicted octanol–water partition coefficient (Wildman–Crippen LogP) is 1.40. The first kappa shape index (κ1) is 14.0. The Bertz CT molecular complexity index is 541. The third-order valence-electron chi connectivity index (χ3n) is 3.31. The summed E-state index contributed by atoms with van der Waals surface area (Å²) in [6.45, 7) is 2.89. The van der Waals surface area contributed by atoms with Crippen molar-refractivity contribution in [1.29, 1.82) is 0 Å². The standard InChI is InChI=1S/C13H15N3O4/c1-2-15-8-9(7-12(15)17)13(18)14-10-3-5-11(6-4-10)16(19)20/h3-6,9H,2,7-8H2,1H3,(H,14,18). The summed E-state index contributed by atoms with van der Waals surface area (Å²) < 4.78 is 0. The zero-order valence-electron chi connectivity index (χ0n) is 11.0. The fourth-order valence-electron chi connectivity index (χ4n) is 2.16. The maximum atomic E-state index is 12.0. The Hall–Kier alpha value is -2.44. The average Bonchev–Trinajstić information content (AvgIpc) is 2.80. The summed E-state index contributed by atoms with van der Waals surface area (Å²) in [7, 11) is 0. The van der Waals surface area contributed by atoms with Gasteiger partial charge >= 0.3 is 0 Å². The Balaban J connectivity index is 1.98. The minimum Gasteiger partial charge on any atom is -0.342 e. The van der Waals surface area contributed by atoms with E-state index in [4.69, 9.17) is 0 Å². The molecule has 7 nitrogen and oxygen atoms in total. The van der Waals surface area contributed by atoms with Crippen LogP contribution in [0.3, 0.4) is 0 Å². The number of nitrogens with zero attached hydrogens (tertiary/aromatic N) is 2. The molecule has 1 N–H and O–H groups in total. The first-order valence-corrected chi connectivity index (χ1v) is 6.34. The van der Waals surface area contributed by atoms with Crippen LogP contribution in [0.15, 0.2) is 24.3 Å². The zero-order chi connectivity index (χ0) is 14.7. The number of carbonyl (C=O) groups excluding carboxylic acids is 2. The lowest BCUT2D eigenvalue weighted by atomic mass is 10.1. The number of benzene rings is 1. The number of non-ortho nitro benzene ring substituents is 1. The summed E-state index contributed by atoms with van der Waals surface area (Å²) in [5.74, 6) is -0.614. The van der Waals surface area contributed by atoms with Crippen molar-refractivity contribution in [3.63, 3.8) is 0 Å². The van der Waals surface area contributed by atoms with Crippen molar-refractivity contribution in [2.45, 2.75) is 13.3 Å². The molecule has 1 unspecified atom stereocenters. The molecule has 0 bridgehead atoms. The van der Waals surface area contributed by atoms with Crippen molar-refractivity contribution in [3.05, 3.63) is 34.4 Å². The molecule has 1 heterocycles. The average molecular weight is 277 g/mol. The summed E-state index contributed by atoms with van der Waals surface area (Å²) in [5.41, 5.74) is 0.458. The van der Waals surface area contributed by atoms with E-state index < -0.39 is 4.92 Å². The Kier molecular flexibility index (Phi) is 3.97. The highest BCUT2D eigenvalue weighted by atomic mass is 16.6. The third kappa shape index (κ3) is 2.93. The molecule has 0 saturated carbocycles. The number of likely N-dealkylation sites (tertiary alicyclic amines) is 1. The quantitative estimate of drug-likeness (QED) is 0.665. The molecular formula is C13H15N3O4. The summed E-state index contributed by atoms with van der Waals surface area (Å²) in [6.07, 6.45) is 0.215. The number of rotatable bonds is 4. The number of nitro groups is 1. The molecule has 106 valence electrons. The van der Waals surface area contributed by atoms with Crippen LogP contribution >= 0.6 is 0 Å². The van der Waals surface area contributed by atoms with Gasteiger partial charge in [0, 0.05) is 37.3 Å². The van der Waals surface area contributed by atoms with E-state index in [9.17, 15) is 19.7 Å². The van der Waals surface area contributed by atoms with Gasteiger partial charge in [-0.1, -0.05) is 0 Å². The van der Waals surface area contributed by atoms with E-state index in [2.05, 4.69) is 5.32 Å². The van der Waals surface area contributed by atoms with Crippen LogP contribution in [-0.2, 0) is 9.59 Å². The summed E-state index contributed by atoms with van der Waals surface area (Å²) in [6, 6.07) is 5.61. The maximum absolute atomic E-state index is 12.0. The fourth-order valence-corrected chi connectivity index (χ4v) is 2.16. The van der Waals surface area contributed by atoms with Crippen LogP contribution < -0.4 is 5.32 Å². The number of amides is 2. The molecule has 2 amide bonds. The van der Waals surface area contributed by atoms with Gasteiger partial charge in [0.25, 0.3) is 5.69 Å². The van der Waals surface area contributed by atoms with Gasteiger partial charge in [0.1, 0.15) is 0 Å². The largest absolute Gasteiger partial charge is 0.342 e. The van der Waals surface area contributed by atoms with Crippen LogP contribution in [0.5, 0.6) is 0 Å². The molecule has 1 fully saturated rings. The number of hydrogen-bond acceptors (Lipinski definition) is 4. The second kappa shape index (κ2) is 5.68. The number of carbonyl (C=O) groups is 2. The van der Waals surface area contributed by atoms with Gasteiger partial charge < -0.3 is 10.2 Å². The summed E-state index contributed by atoms with van der Waals surface area (Å²) in [4.78, 5) is 35.2. The topological polar surface area (TPSA) is 92.6 Å². The Labute approximate surface area is 115 Å². The van der Waals surface area contributed by atoms with E-state index in [1.807, 2.05) is 6.92 Å². The predicted molar refractivity (Wildman–Crippen MR) is 72.1 cm³/mol. The smallest absolute Gasteiger partial charge is 0.269 e.